The minimum Gasteiger partial charge on any atom is -0.0795 e. The van der Waals surface area contributed by atoms with E-state index in [4.69, 9.17) is 0 Å². The summed E-state index contributed by atoms with van der Waals surface area (Å²) in [5.41, 5.74) is 9.02. The first-order chi connectivity index (χ1) is 9.75. The maximum atomic E-state index is 2.42. The number of hydrogen-bond donors (Lipinski definition) is 0. The van der Waals surface area contributed by atoms with Crippen molar-refractivity contribution in [1.82, 2.24) is 0 Å². The van der Waals surface area contributed by atoms with E-state index in [-0.39, 0.29) is 0 Å². The molecule has 0 fully saturated rings. The van der Waals surface area contributed by atoms with Crippen molar-refractivity contribution in [3.8, 4) is 0 Å². The summed E-state index contributed by atoms with van der Waals surface area (Å²) in [6, 6.07) is 13.0. The fraction of sp³-hybridized carbons (Fsp3) is 0.300. The van der Waals surface area contributed by atoms with E-state index in [1.54, 1.807) is 11.1 Å². The molecule has 0 bridgehead atoms. The van der Waals surface area contributed by atoms with E-state index in [0.717, 1.165) is 6.42 Å². The molecule has 0 heteroatoms. The summed E-state index contributed by atoms with van der Waals surface area (Å²) in [5.74, 6) is 0. The Hall–Kier alpha value is -1.82. The lowest BCUT2D eigenvalue weighted by molar-refractivity contribution is 0.908. The standard InChI is InChI=1S/C20H22/c1-15-14-18-11-7-13-20(18)16(2)19(15)12-6-10-17-8-4-3-5-9-17/h3-6,8-10,14H,7,11-13H2,1-2H3/b10-6+. The van der Waals surface area contributed by atoms with Crippen LogP contribution < -0.4 is 0 Å². The minimum absolute atomic E-state index is 1.04. The molecule has 0 N–H and O–H groups in total. The predicted molar refractivity (Wildman–Crippen MR) is 87.1 cm³/mol. The molecule has 3 rings (SSSR count). The summed E-state index contributed by atoms with van der Waals surface area (Å²) < 4.78 is 0. The molecule has 0 radical (unpaired) electrons. The predicted octanol–water partition coefficient (Wildman–Crippen LogP) is 5.05. The van der Waals surface area contributed by atoms with Crippen LogP contribution in [0.15, 0.2) is 42.5 Å². The summed E-state index contributed by atoms with van der Waals surface area (Å²) in [4.78, 5) is 0. The molecule has 0 atom stereocenters. The van der Waals surface area contributed by atoms with Gasteiger partial charge in [-0.15, -0.1) is 0 Å². The van der Waals surface area contributed by atoms with Crippen LogP contribution in [-0.2, 0) is 19.3 Å². The maximum Gasteiger partial charge on any atom is -0.00888 e. The largest absolute Gasteiger partial charge is 0.0795 e. The molecule has 102 valence electrons. The second kappa shape index (κ2) is 5.66. The van der Waals surface area contributed by atoms with Crippen molar-refractivity contribution in [2.45, 2.75) is 39.5 Å². The molecule has 0 nitrogen and oxygen atoms in total. The number of hydrogen-bond acceptors (Lipinski definition) is 0. The third-order valence-electron chi connectivity index (χ3n) is 4.46. The van der Waals surface area contributed by atoms with Crippen molar-refractivity contribution in [2.75, 3.05) is 0 Å². The number of fused-ring (bicyclic) bond motifs is 1. The lowest BCUT2D eigenvalue weighted by atomic mass is 9.92. The Labute approximate surface area is 122 Å². The first kappa shape index (κ1) is 13.2. The van der Waals surface area contributed by atoms with E-state index in [1.165, 1.54) is 41.5 Å². The molecule has 1 aliphatic rings. The number of benzene rings is 2. The lowest BCUT2D eigenvalue weighted by Crippen LogP contribution is -1.98. The van der Waals surface area contributed by atoms with Gasteiger partial charge in [0.1, 0.15) is 0 Å². The van der Waals surface area contributed by atoms with Gasteiger partial charge in [-0.05, 0) is 72.9 Å². The van der Waals surface area contributed by atoms with Gasteiger partial charge in [0.25, 0.3) is 0 Å². The Bertz CT molecular complexity index is 633. The average Bonchev–Trinajstić information content (AvgIpc) is 2.92. The highest BCUT2D eigenvalue weighted by Gasteiger charge is 2.16. The van der Waals surface area contributed by atoms with Gasteiger partial charge in [-0.2, -0.15) is 0 Å². The third kappa shape index (κ3) is 2.56. The van der Waals surface area contributed by atoms with Crippen LogP contribution in [0.2, 0.25) is 0 Å². The molecule has 0 aliphatic heterocycles. The highest BCUT2D eigenvalue weighted by Crippen LogP contribution is 2.30. The van der Waals surface area contributed by atoms with Crippen LogP contribution in [0.5, 0.6) is 0 Å². The monoisotopic (exact) mass is 262 g/mol. The highest BCUT2D eigenvalue weighted by atomic mass is 14.2. The van der Waals surface area contributed by atoms with Gasteiger partial charge in [0, 0.05) is 0 Å². The zero-order valence-electron chi connectivity index (χ0n) is 12.4. The smallest absolute Gasteiger partial charge is 0.00888 e. The first-order valence-electron chi connectivity index (χ1n) is 7.58. The van der Waals surface area contributed by atoms with Crippen LogP contribution in [-0.4, -0.2) is 0 Å². The molecule has 2 aromatic carbocycles. The molecule has 0 saturated heterocycles. The SMILES string of the molecule is Cc1cc2c(c(C)c1C/C=C/c1ccccc1)CCC2. The molecule has 0 saturated carbocycles. The minimum atomic E-state index is 1.04. The van der Waals surface area contributed by atoms with Crippen LogP contribution in [0.25, 0.3) is 6.08 Å². The van der Waals surface area contributed by atoms with Crippen molar-refractivity contribution in [3.63, 3.8) is 0 Å². The summed E-state index contributed by atoms with van der Waals surface area (Å²) in [7, 11) is 0. The van der Waals surface area contributed by atoms with Gasteiger partial charge in [0.15, 0.2) is 0 Å². The number of rotatable bonds is 3. The van der Waals surface area contributed by atoms with E-state index < -0.39 is 0 Å². The van der Waals surface area contributed by atoms with Gasteiger partial charge < -0.3 is 0 Å². The maximum absolute atomic E-state index is 2.42. The van der Waals surface area contributed by atoms with Crippen LogP contribution in [0.1, 0.15) is 39.8 Å². The highest BCUT2D eigenvalue weighted by molar-refractivity contribution is 5.52. The van der Waals surface area contributed by atoms with Gasteiger partial charge in [-0.1, -0.05) is 48.6 Å². The second-order valence-electron chi connectivity index (χ2n) is 5.81. The van der Waals surface area contributed by atoms with Crippen molar-refractivity contribution >= 4 is 6.08 Å². The summed E-state index contributed by atoms with van der Waals surface area (Å²) in [6.07, 6.45) is 9.45. The van der Waals surface area contributed by atoms with Crippen molar-refractivity contribution in [1.29, 1.82) is 0 Å². The normalized spacial score (nSPS) is 13.9. The van der Waals surface area contributed by atoms with E-state index in [9.17, 15) is 0 Å². The van der Waals surface area contributed by atoms with Crippen molar-refractivity contribution < 1.29 is 0 Å². The molecule has 0 aromatic heterocycles. The van der Waals surface area contributed by atoms with Crippen molar-refractivity contribution in [2.24, 2.45) is 0 Å². The zero-order valence-corrected chi connectivity index (χ0v) is 12.4. The van der Waals surface area contributed by atoms with E-state index in [0.29, 0.717) is 0 Å². The van der Waals surface area contributed by atoms with Gasteiger partial charge in [0.2, 0.25) is 0 Å². The second-order valence-corrected chi connectivity index (χ2v) is 5.81. The molecular weight excluding hydrogens is 240 g/mol. The van der Waals surface area contributed by atoms with E-state index in [2.05, 4.69) is 62.4 Å². The van der Waals surface area contributed by atoms with Gasteiger partial charge >= 0.3 is 0 Å². The zero-order chi connectivity index (χ0) is 13.9. The number of aryl methyl sites for hydroxylation is 2. The Kier molecular flexibility index (Phi) is 3.73. The lowest BCUT2D eigenvalue weighted by Gasteiger charge is -2.13. The van der Waals surface area contributed by atoms with Crippen LogP contribution in [0, 0.1) is 13.8 Å². The Balaban J connectivity index is 1.83. The third-order valence-corrected chi connectivity index (χ3v) is 4.46. The molecule has 20 heavy (non-hydrogen) atoms. The van der Waals surface area contributed by atoms with Crippen molar-refractivity contribution in [3.05, 3.63) is 75.9 Å². The summed E-state index contributed by atoms with van der Waals surface area (Å²) in [5, 5.41) is 0. The van der Waals surface area contributed by atoms with Gasteiger partial charge in [-0.3, -0.25) is 0 Å². The topological polar surface area (TPSA) is 0 Å². The quantitative estimate of drug-likeness (QED) is 0.726. The Morgan fingerprint density at radius 3 is 2.65 bits per heavy atom. The van der Waals surface area contributed by atoms with Gasteiger partial charge in [0.05, 0.1) is 0 Å². The van der Waals surface area contributed by atoms with E-state index >= 15 is 0 Å². The van der Waals surface area contributed by atoms with E-state index in [1.807, 2.05) is 0 Å². The Morgan fingerprint density at radius 1 is 1.05 bits per heavy atom. The molecule has 0 amide bonds. The molecule has 2 aromatic rings. The van der Waals surface area contributed by atoms with Crippen LogP contribution in [0.3, 0.4) is 0 Å². The summed E-state index contributed by atoms with van der Waals surface area (Å²) >= 11 is 0. The molecule has 0 heterocycles. The first-order valence-corrected chi connectivity index (χ1v) is 7.58. The van der Waals surface area contributed by atoms with Crippen LogP contribution >= 0.6 is 0 Å². The summed E-state index contributed by atoms with van der Waals surface area (Å²) in [6.45, 7) is 4.57. The fourth-order valence-corrected chi connectivity index (χ4v) is 3.37. The molecular formula is C20H22. The van der Waals surface area contributed by atoms with Gasteiger partial charge in [-0.25, -0.2) is 0 Å². The molecule has 0 unspecified atom stereocenters. The molecule has 1 aliphatic carbocycles. The number of allylic oxidation sites excluding steroid dienone is 1. The molecule has 0 spiro atoms. The Morgan fingerprint density at radius 2 is 1.85 bits per heavy atom. The van der Waals surface area contributed by atoms with Crippen LogP contribution in [0.4, 0.5) is 0 Å². The average molecular weight is 262 g/mol. The fourth-order valence-electron chi connectivity index (χ4n) is 3.37.